The highest BCUT2D eigenvalue weighted by atomic mass is 19.4. The van der Waals surface area contributed by atoms with E-state index < -0.39 is 35.0 Å². The highest BCUT2D eigenvalue weighted by molar-refractivity contribution is 5.90. The minimum absolute atomic E-state index is 0.0633. The van der Waals surface area contributed by atoms with Crippen LogP contribution in [0.2, 0.25) is 0 Å². The van der Waals surface area contributed by atoms with Crippen molar-refractivity contribution in [3.05, 3.63) is 65.3 Å². The van der Waals surface area contributed by atoms with Gasteiger partial charge in [-0.25, -0.2) is 4.79 Å². The van der Waals surface area contributed by atoms with Crippen LogP contribution in [0, 0.1) is 0 Å². The molecule has 0 spiro atoms. The fourth-order valence-electron chi connectivity index (χ4n) is 2.51. The Morgan fingerprint density at radius 3 is 2.29 bits per heavy atom. The standard InChI is InChI=1S/C19H13F6N3O3/c20-18(21,22)13-7-12(8-14(9-13)19(23,24)25)17(29)30-6-2-4-15-27-16(28-31-15)11-3-1-5-26-10-11/h1,3,5,7-10H,2,4,6H2. The second-order valence-electron chi connectivity index (χ2n) is 6.29. The molecule has 0 aliphatic carbocycles. The number of pyridine rings is 1. The molecule has 2 aromatic heterocycles. The predicted octanol–water partition coefficient (Wildman–Crippen LogP) is 4.96. The van der Waals surface area contributed by atoms with Gasteiger partial charge in [-0.1, -0.05) is 5.16 Å². The second kappa shape index (κ2) is 8.74. The number of nitrogens with zero attached hydrogens (tertiary/aromatic N) is 3. The number of carbonyl (C=O) groups excluding carboxylic acids is 1. The van der Waals surface area contributed by atoms with Crippen molar-refractivity contribution >= 4 is 5.97 Å². The molecule has 0 N–H and O–H groups in total. The molecular weight excluding hydrogens is 432 g/mol. The number of aryl methyl sites for hydroxylation is 1. The molecule has 6 nitrogen and oxygen atoms in total. The normalized spacial score (nSPS) is 12.1. The van der Waals surface area contributed by atoms with Gasteiger partial charge in [0.1, 0.15) is 0 Å². The van der Waals surface area contributed by atoms with Gasteiger partial charge in [0.2, 0.25) is 11.7 Å². The lowest BCUT2D eigenvalue weighted by Crippen LogP contribution is -2.15. The van der Waals surface area contributed by atoms with Crippen molar-refractivity contribution in [2.24, 2.45) is 0 Å². The molecule has 0 saturated carbocycles. The molecule has 0 radical (unpaired) electrons. The average Bonchev–Trinajstić information content (AvgIpc) is 3.19. The summed E-state index contributed by atoms with van der Waals surface area (Å²) < 4.78 is 87.1. The summed E-state index contributed by atoms with van der Waals surface area (Å²) in [6, 6.07) is 3.97. The van der Waals surface area contributed by atoms with Crippen LogP contribution < -0.4 is 0 Å². The number of halogens is 6. The first kappa shape index (κ1) is 22.2. The molecule has 0 aliphatic rings. The van der Waals surface area contributed by atoms with Gasteiger partial charge in [-0.3, -0.25) is 4.98 Å². The van der Waals surface area contributed by atoms with Crippen molar-refractivity contribution in [2.45, 2.75) is 25.2 Å². The third kappa shape index (κ3) is 5.80. The van der Waals surface area contributed by atoms with Crippen LogP contribution in [0.3, 0.4) is 0 Å². The van der Waals surface area contributed by atoms with E-state index in [2.05, 4.69) is 15.1 Å². The molecule has 0 aliphatic heterocycles. The molecule has 0 amide bonds. The van der Waals surface area contributed by atoms with Crippen molar-refractivity contribution in [1.82, 2.24) is 15.1 Å². The van der Waals surface area contributed by atoms with Gasteiger partial charge in [0.15, 0.2) is 0 Å². The molecule has 0 atom stereocenters. The number of rotatable bonds is 6. The molecule has 3 rings (SSSR count). The van der Waals surface area contributed by atoms with E-state index in [1.54, 1.807) is 18.3 Å². The fourth-order valence-corrected chi connectivity index (χ4v) is 2.51. The SMILES string of the molecule is O=C(OCCCc1nc(-c2cccnc2)no1)c1cc(C(F)(F)F)cc(C(F)(F)F)c1. The fraction of sp³-hybridized carbons (Fsp3) is 0.263. The lowest BCUT2D eigenvalue weighted by molar-refractivity contribution is -0.143. The van der Waals surface area contributed by atoms with Gasteiger partial charge in [0, 0.05) is 24.4 Å². The Labute approximate surface area is 170 Å². The number of esters is 1. The maximum Gasteiger partial charge on any atom is 0.416 e. The third-order valence-corrected chi connectivity index (χ3v) is 3.98. The van der Waals surface area contributed by atoms with Crippen molar-refractivity contribution in [1.29, 1.82) is 0 Å². The van der Waals surface area contributed by atoms with Gasteiger partial charge < -0.3 is 9.26 Å². The van der Waals surface area contributed by atoms with E-state index in [1.165, 1.54) is 6.20 Å². The summed E-state index contributed by atoms with van der Waals surface area (Å²) >= 11 is 0. The summed E-state index contributed by atoms with van der Waals surface area (Å²) in [4.78, 5) is 20.0. The summed E-state index contributed by atoms with van der Waals surface area (Å²) in [6.07, 6.45) is -6.68. The maximum atomic E-state index is 12.9. The summed E-state index contributed by atoms with van der Waals surface area (Å²) in [6.45, 7) is -0.277. The third-order valence-electron chi connectivity index (χ3n) is 3.98. The smallest absolute Gasteiger partial charge is 0.416 e. The van der Waals surface area contributed by atoms with E-state index in [-0.39, 0.29) is 31.4 Å². The molecule has 0 bridgehead atoms. The lowest BCUT2D eigenvalue weighted by Gasteiger charge is -2.13. The molecule has 3 aromatic rings. The Bertz CT molecular complexity index is 1020. The number of carbonyl (C=O) groups is 1. The molecule has 12 heteroatoms. The number of alkyl halides is 6. The Hall–Kier alpha value is -3.44. The topological polar surface area (TPSA) is 78.1 Å². The van der Waals surface area contributed by atoms with Crippen LogP contribution in [0.25, 0.3) is 11.4 Å². The number of hydrogen-bond donors (Lipinski definition) is 0. The zero-order chi connectivity index (χ0) is 22.6. The average molecular weight is 445 g/mol. The molecule has 0 unspecified atom stereocenters. The van der Waals surface area contributed by atoms with E-state index >= 15 is 0 Å². The van der Waals surface area contributed by atoms with E-state index in [0.29, 0.717) is 23.5 Å². The molecule has 1 aromatic carbocycles. The van der Waals surface area contributed by atoms with Gasteiger partial charge in [-0.15, -0.1) is 0 Å². The van der Waals surface area contributed by atoms with E-state index in [1.807, 2.05) is 0 Å². The van der Waals surface area contributed by atoms with Crippen LogP contribution in [0.15, 0.2) is 47.2 Å². The highest BCUT2D eigenvalue weighted by Gasteiger charge is 2.37. The monoisotopic (exact) mass is 445 g/mol. The molecule has 0 saturated heterocycles. The summed E-state index contributed by atoms with van der Waals surface area (Å²) in [5.74, 6) is -0.796. The van der Waals surface area contributed by atoms with E-state index in [4.69, 9.17) is 9.26 Å². The van der Waals surface area contributed by atoms with Crippen LogP contribution in [0.1, 0.15) is 33.8 Å². The number of hydrogen-bond acceptors (Lipinski definition) is 6. The quantitative estimate of drug-likeness (QED) is 0.303. The Balaban J connectivity index is 1.60. The predicted molar refractivity (Wildman–Crippen MR) is 92.6 cm³/mol. The van der Waals surface area contributed by atoms with E-state index in [0.717, 1.165) is 0 Å². The first-order valence-corrected chi connectivity index (χ1v) is 8.73. The zero-order valence-electron chi connectivity index (χ0n) is 15.5. The summed E-state index contributed by atoms with van der Waals surface area (Å²) in [5, 5.41) is 3.77. The molecule has 31 heavy (non-hydrogen) atoms. The summed E-state index contributed by atoms with van der Waals surface area (Å²) in [7, 11) is 0. The minimum atomic E-state index is -5.06. The largest absolute Gasteiger partial charge is 0.462 e. The highest BCUT2D eigenvalue weighted by Crippen LogP contribution is 2.36. The van der Waals surface area contributed by atoms with Crippen molar-refractivity contribution < 1.29 is 40.4 Å². The van der Waals surface area contributed by atoms with Crippen molar-refractivity contribution in [2.75, 3.05) is 6.61 Å². The van der Waals surface area contributed by atoms with Gasteiger partial charge in [-0.2, -0.15) is 31.3 Å². The maximum absolute atomic E-state index is 12.9. The van der Waals surface area contributed by atoms with Crippen molar-refractivity contribution in [3.8, 4) is 11.4 Å². The Morgan fingerprint density at radius 1 is 1.03 bits per heavy atom. The van der Waals surface area contributed by atoms with Crippen molar-refractivity contribution in [3.63, 3.8) is 0 Å². The molecular formula is C19H13F6N3O3. The van der Waals surface area contributed by atoms with E-state index in [9.17, 15) is 31.1 Å². The molecule has 0 fully saturated rings. The van der Waals surface area contributed by atoms with Gasteiger partial charge in [0.05, 0.1) is 23.3 Å². The number of benzene rings is 1. The van der Waals surface area contributed by atoms with Crippen LogP contribution in [-0.2, 0) is 23.5 Å². The molecule has 2 heterocycles. The van der Waals surface area contributed by atoms with Crippen LogP contribution in [-0.4, -0.2) is 27.7 Å². The first-order valence-electron chi connectivity index (χ1n) is 8.73. The van der Waals surface area contributed by atoms with Gasteiger partial charge >= 0.3 is 18.3 Å². The number of ether oxygens (including phenoxy) is 1. The Kier molecular flexibility index (Phi) is 6.27. The summed E-state index contributed by atoms with van der Waals surface area (Å²) in [5.41, 5.74) is -3.42. The Morgan fingerprint density at radius 2 is 1.71 bits per heavy atom. The van der Waals surface area contributed by atoms with Gasteiger partial charge in [0.25, 0.3) is 0 Å². The zero-order valence-corrected chi connectivity index (χ0v) is 15.5. The van der Waals surface area contributed by atoms with Crippen LogP contribution >= 0.6 is 0 Å². The van der Waals surface area contributed by atoms with Crippen LogP contribution in [0.4, 0.5) is 26.3 Å². The van der Waals surface area contributed by atoms with Gasteiger partial charge in [-0.05, 0) is 36.8 Å². The molecule has 164 valence electrons. The van der Waals surface area contributed by atoms with Crippen LogP contribution in [0.5, 0.6) is 0 Å². The number of aromatic nitrogens is 3. The minimum Gasteiger partial charge on any atom is -0.462 e. The first-order chi connectivity index (χ1) is 14.5. The second-order valence-corrected chi connectivity index (χ2v) is 6.29. The lowest BCUT2D eigenvalue weighted by atomic mass is 10.0.